The summed E-state index contributed by atoms with van der Waals surface area (Å²) in [4.78, 5) is 13.4. The summed E-state index contributed by atoms with van der Waals surface area (Å²) in [5.41, 5.74) is 1.54. The molecule has 10 heavy (non-hydrogen) atoms. The first-order valence-electron chi connectivity index (χ1n) is 2.99. The molecule has 0 unspecified atom stereocenters. The van der Waals surface area contributed by atoms with Crippen molar-refractivity contribution >= 4 is 11.6 Å². The zero-order chi connectivity index (χ0) is 7.56. The van der Waals surface area contributed by atoms with E-state index in [2.05, 4.69) is 4.98 Å². The van der Waals surface area contributed by atoms with Gasteiger partial charge in [0.25, 0.3) is 5.56 Å². The van der Waals surface area contributed by atoms with Crippen LogP contribution in [0.15, 0.2) is 17.1 Å². The van der Waals surface area contributed by atoms with Crippen LogP contribution in [-0.2, 0) is 5.88 Å². The standard InChI is InChI=1S/C7H8ClNO/c1-5-6(4-8)2-3-9-7(5)10/h2-3H,4H2,1H3,(H,9,10). The fourth-order valence-corrected chi connectivity index (χ4v) is 1.03. The van der Waals surface area contributed by atoms with Crippen molar-refractivity contribution in [3.8, 4) is 0 Å². The molecule has 0 fully saturated rings. The molecule has 0 saturated heterocycles. The third kappa shape index (κ3) is 1.21. The summed E-state index contributed by atoms with van der Waals surface area (Å²) >= 11 is 5.55. The lowest BCUT2D eigenvalue weighted by Gasteiger charge is -1.96. The number of nitrogens with one attached hydrogen (secondary N) is 1. The number of aromatic amines is 1. The molecule has 2 nitrogen and oxygen atoms in total. The summed E-state index contributed by atoms with van der Waals surface area (Å²) in [5.74, 6) is 0.399. The van der Waals surface area contributed by atoms with Crippen molar-refractivity contribution in [2.24, 2.45) is 0 Å². The molecular weight excluding hydrogens is 150 g/mol. The Morgan fingerprint density at radius 1 is 1.70 bits per heavy atom. The van der Waals surface area contributed by atoms with Crippen LogP contribution < -0.4 is 5.56 Å². The molecular formula is C7H8ClNO. The number of rotatable bonds is 1. The molecule has 3 heteroatoms. The second-order valence-electron chi connectivity index (χ2n) is 2.09. The van der Waals surface area contributed by atoms with E-state index < -0.39 is 0 Å². The molecule has 0 aromatic carbocycles. The number of hydrogen-bond acceptors (Lipinski definition) is 1. The Hall–Kier alpha value is -0.760. The zero-order valence-electron chi connectivity index (χ0n) is 5.65. The summed E-state index contributed by atoms with van der Waals surface area (Å²) in [6.45, 7) is 1.76. The molecule has 0 spiro atoms. The third-order valence-electron chi connectivity index (χ3n) is 1.47. The quantitative estimate of drug-likeness (QED) is 0.615. The van der Waals surface area contributed by atoms with Crippen molar-refractivity contribution in [3.05, 3.63) is 33.7 Å². The highest BCUT2D eigenvalue weighted by Gasteiger charge is 1.97. The van der Waals surface area contributed by atoms with Crippen LogP contribution in [0.3, 0.4) is 0 Å². The van der Waals surface area contributed by atoms with Crippen LogP contribution in [0.25, 0.3) is 0 Å². The van der Waals surface area contributed by atoms with Crippen LogP contribution in [0.2, 0.25) is 0 Å². The Morgan fingerprint density at radius 3 is 2.90 bits per heavy atom. The monoisotopic (exact) mass is 157 g/mol. The summed E-state index contributed by atoms with van der Waals surface area (Å²) < 4.78 is 0. The van der Waals surface area contributed by atoms with Crippen LogP contribution in [0.5, 0.6) is 0 Å². The third-order valence-corrected chi connectivity index (χ3v) is 1.75. The Labute approximate surface area is 63.8 Å². The predicted octanol–water partition coefficient (Wildman–Crippen LogP) is 1.42. The summed E-state index contributed by atoms with van der Waals surface area (Å²) in [5, 5.41) is 0. The molecule has 1 aromatic rings. The van der Waals surface area contributed by atoms with Crippen LogP contribution >= 0.6 is 11.6 Å². The largest absolute Gasteiger partial charge is 0.329 e. The molecule has 0 aliphatic carbocycles. The van der Waals surface area contributed by atoms with Crippen molar-refractivity contribution in [1.29, 1.82) is 0 Å². The molecule has 0 amide bonds. The van der Waals surface area contributed by atoms with Gasteiger partial charge in [0, 0.05) is 17.6 Å². The van der Waals surface area contributed by atoms with Crippen molar-refractivity contribution in [3.63, 3.8) is 0 Å². The van der Waals surface area contributed by atoms with Crippen molar-refractivity contribution in [2.75, 3.05) is 0 Å². The Balaban J connectivity index is 3.28. The predicted molar refractivity (Wildman–Crippen MR) is 41.4 cm³/mol. The Morgan fingerprint density at radius 2 is 2.40 bits per heavy atom. The van der Waals surface area contributed by atoms with Crippen LogP contribution in [0.4, 0.5) is 0 Å². The van der Waals surface area contributed by atoms with Gasteiger partial charge in [0.2, 0.25) is 0 Å². The highest BCUT2D eigenvalue weighted by Crippen LogP contribution is 2.03. The molecule has 0 aliphatic rings. The average molecular weight is 158 g/mol. The molecule has 0 saturated carbocycles. The summed E-state index contributed by atoms with van der Waals surface area (Å²) in [7, 11) is 0. The normalized spacial score (nSPS) is 9.80. The minimum Gasteiger partial charge on any atom is -0.329 e. The number of hydrogen-bond donors (Lipinski definition) is 1. The van der Waals surface area contributed by atoms with Crippen molar-refractivity contribution in [2.45, 2.75) is 12.8 Å². The van der Waals surface area contributed by atoms with E-state index >= 15 is 0 Å². The van der Waals surface area contributed by atoms with Crippen LogP contribution in [0.1, 0.15) is 11.1 Å². The van der Waals surface area contributed by atoms with Crippen molar-refractivity contribution < 1.29 is 0 Å². The lowest BCUT2D eigenvalue weighted by molar-refractivity contribution is 1.13. The smallest absolute Gasteiger partial charge is 0.251 e. The van der Waals surface area contributed by atoms with E-state index in [4.69, 9.17) is 11.6 Å². The number of alkyl halides is 1. The van der Waals surface area contributed by atoms with E-state index in [0.717, 1.165) is 5.56 Å². The van der Waals surface area contributed by atoms with E-state index in [9.17, 15) is 4.79 Å². The first-order valence-corrected chi connectivity index (χ1v) is 3.52. The van der Waals surface area contributed by atoms with Gasteiger partial charge in [-0.2, -0.15) is 0 Å². The Kier molecular flexibility index (Phi) is 2.12. The maximum atomic E-state index is 10.9. The molecule has 0 aliphatic heterocycles. The van der Waals surface area contributed by atoms with Gasteiger partial charge in [-0.1, -0.05) is 0 Å². The molecule has 54 valence electrons. The SMILES string of the molecule is Cc1c(CCl)cc[nH]c1=O. The van der Waals surface area contributed by atoms with Gasteiger partial charge >= 0.3 is 0 Å². The van der Waals surface area contributed by atoms with Gasteiger partial charge in [-0.05, 0) is 18.6 Å². The second-order valence-corrected chi connectivity index (χ2v) is 2.36. The van der Waals surface area contributed by atoms with Gasteiger partial charge in [-0.3, -0.25) is 4.79 Å². The fourth-order valence-electron chi connectivity index (χ4n) is 0.742. The fraction of sp³-hybridized carbons (Fsp3) is 0.286. The first-order chi connectivity index (χ1) is 4.75. The highest BCUT2D eigenvalue weighted by atomic mass is 35.5. The van der Waals surface area contributed by atoms with Gasteiger partial charge in [-0.25, -0.2) is 0 Å². The van der Waals surface area contributed by atoms with Crippen LogP contribution in [0, 0.1) is 6.92 Å². The minimum absolute atomic E-state index is 0.0573. The van der Waals surface area contributed by atoms with E-state index in [1.54, 1.807) is 13.1 Å². The second kappa shape index (κ2) is 2.88. The van der Waals surface area contributed by atoms with E-state index in [1.165, 1.54) is 0 Å². The topological polar surface area (TPSA) is 32.9 Å². The summed E-state index contributed by atoms with van der Waals surface area (Å²) in [6.07, 6.45) is 1.60. The maximum Gasteiger partial charge on any atom is 0.251 e. The molecule has 1 heterocycles. The first kappa shape index (κ1) is 7.35. The minimum atomic E-state index is -0.0573. The Bertz CT molecular complexity index is 279. The zero-order valence-corrected chi connectivity index (χ0v) is 6.40. The van der Waals surface area contributed by atoms with Crippen LogP contribution in [-0.4, -0.2) is 4.98 Å². The molecule has 0 atom stereocenters. The number of aromatic nitrogens is 1. The van der Waals surface area contributed by atoms with Gasteiger partial charge in [0.15, 0.2) is 0 Å². The number of pyridine rings is 1. The molecule has 0 bridgehead atoms. The summed E-state index contributed by atoms with van der Waals surface area (Å²) in [6, 6.07) is 1.81. The maximum absolute atomic E-state index is 10.9. The van der Waals surface area contributed by atoms with Gasteiger partial charge in [-0.15, -0.1) is 11.6 Å². The van der Waals surface area contributed by atoms with Gasteiger partial charge in [0.05, 0.1) is 0 Å². The number of halogens is 1. The average Bonchev–Trinajstić information content (AvgIpc) is 1.95. The van der Waals surface area contributed by atoms with Gasteiger partial charge < -0.3 is 4.98 Å². The van der Waals surface area contributed by atoms with E-state index in [0.29, 0.717) is 11.4 Å². The van der Waals surface area contributed by atoms with Gasteiger partial charge in [0.1, 0.15) is 0 Å². The van der Waals surface area contributed by atoms with Crippen molar-refractivity contribution in [1.82, 2.24) is 4.98 Å². The van der Waals surface area contributed by atoms with E-state index in [-0.39, 0.29) is 5.56 Å². The molecule has 1 rings (SSSR count). The lowest BCUT2D eigenvalue weighted by Crippen LogP contribution is -2.10. The molecule has 0 radical (unpaired) electrons. The molecule has 1 N–H and O–H groups in total. The van der Waals surface area contributed by atoms with E-state index in [1.807, 2.05) is 6.07 Å². The highest BCUT2D eigenvalue weighted by molar-refractivity contribution is 6.17. The molecule has 1 aromatic heterocycles. The lowest BCUT2D eigenvalue weighted by atomic mass is 10.2. The number of H-pyrrole nitrogens is 1.